The van der Waals surface area contributed by atoms with Crippen molar-refractivity contribution in [2.45, 2.75) is 38.1 Å². The second-order valence-corrected chi connectivity index (χ2v) is 11.9. The Bertz CT molecular complexity index is 1520. The topological polar surface area (TPSA) is 95.0 Å². The van der Waals surface area contributed by atoms with Crippen molar-refractivity contribution >= 4 is 49.5 Å². The van der Waals surface area contributed by atoms with Gasteiger partial charge in [0.2, 0.25) is 0 Å². The molecule has 2 aromatic carbocycles. The van der Waals surface area contributed by atoms with Gasteiger partial charge in [-0.1, -0.05) is 42.1 Å². The number of aromatic nitrogens is 1. The molecule has 1 N–H and O–H groups in total. The van der Waals surface area contributed by atoms with Gasteiger partial charge in [0.1, 0.15) is 4.90 Å². The van der Waals surface area contributed by atoms with Gasteiger partial charge in [0.05, 0.1) is 22.8 Å². The summed E-state index contributed by atoms with van der Waals surface area (Å²) in [6.45, 7) is 7.91. The van der Waals surface area contributed by atoms with Gasteiger partial charge < -0.3 is 9.80 Å². The van der Waals surface area contributed by atoms with Crippen LogP contribution in [0.25, 0.3) is 10.9 Å². The molecule has 5 rings (SSSR count). The summed E-state index contributed by atoms with van der Waals surface area (Å²) in [5.41, 5.74) is 3.20. The Labute approximate surface area is 227 Å². The summed E-state index contributed by atoms with van der Waals surface area (Å²) in [6, 6.07) is 15.7. The first-order chi connectivity index (χ1) is 18.3. The van der Waals surface area contributed by atoms with Gasteiger partial charge in [-0.15, -0.1) is 0 Å². The van der Waals surface area contributed by atoms with Gasteiger partial charge in [-0.2, -0.15) is 0 Å². The summed E-state index contributed by atoms with van der Waals surface area (Å²) in [7, 11) is -3.86. The van der Waals surface area contributed by atoms with Gasteiger partial charge in [0.25, 0.3) is 15.9 Å². The Balaban J connectivity index is 1.48. The summed E-state index contributed by atoms with van der Waals surface area (Å²) < 4.78 is 29.3. The number of allylic oxidation sites excluding steroid dienone is 1. The molecule has 10 heteroatoms. The Kier molecular flexibility index (Phi) is 7.45. The number of hydrogen-bond acceptors (Lipinski definition) is 7. The van der Waals surface area contributed by atoms with Crippen LogP contribution in [0.2, 0.25) is 0 Å². The van der Waals surface area contributed by atoms with Gasteiger partial charge in [-0.25, -0.2) is 13.4 Å². The van der Waals surface area contributed by atoms with Gasteiger partial charge in [0, 0.05) is 42.7 Å². The second-order valence-electron chi connectivity index (χ2n) is 9.23. The third-order valence-corrected chi connectivity index (χ3v) is 9.39. The zero-order chi connectivity index (χ0) is 26.9. The number of para-hydroxylation sites is 1. The van der Waals surface area contributed by atoms with Crippen LogP contribution < -0.4 is 4.72 Å². The number of sulfonamides is 1. The van der Waals surface area contributed by atoms with E-state index in [4.69, 9.17) is 4.99 Å². The first kappa shape index (κ1) is 26.2. The van der Waals surface area contributed by atoms with Crippen LogP contribution in [0.4, 0.5) is 5.69 Å². The van der Waals surface area contributed by atoms with Gasteiger partial charge in [-0.05, 0) is 57.0 Å². The van der Waals surface area contributed by atoms with Crippen molar-refractivity contribution in [3.05, 3.63) is 77.6 Å². The lowest BCUT2D eigenvalue weighted by Gasteiger charge is -2.41. The molecule has 1 atom stereocenters. The summed E-state index contributed by atoms with van der Waals surface area (Å²) in [5, 5.41) is 1.69. The van der Waals surface area contributed by atoms with E-state index in [0.29, 0.717) is 29.9 Å². The standard InChI is InChI=1S/C28H31N5O3S2/c1-4-32(5-2)27(34)24-19(3)30-28-33(17-8-18-37-28)26(24)21-12-14-22(15-13-21)31-38(35,36)23-11-6-9-20-10-7-16-29-25(20)23/h6-7,9-16,26,31H,4-5,8,17-18H2,1-3H3. The van der Waals surface area contributed by atoms with Gasteiger partial charge in [0.15, 0.2) is 5.17 Å². The van der Waals surface area contributed by atoms with Crippen LogP contribution in [-0.4, -0.2) is 59.7 Å². The third-order valence-electron chi connectivity index (χ3n) is 6.90. The van der Waals surface area contributed by atoms with E-state index in [1.165, 1.54) is 0 Å². The molecule has 1 saturated heterocycles. The number of hydrogen-bond donors (Lipinski definition) is 1. The molecule has 1 fully saturated rings. The fraction of sp³-hybridized carbons (Fsp3) is 0.321. The molecule has 198 valence electrons. The average Bonchev–Trinajstić information content (AvgIpc) is 2.93. The van der Waals surface area contributed by atoms with Crippen LogP contribution in [-0.2, 0) is 14.8 Å². The number of amidine groups is 1. The normalized spacial score (nSPS) is 17.7. The maximum atomic E-state index is 13.6. The summed E-state index contributed by atoms with van der Waals surface area (Å²) in [5.74, 6) is 0.988. The van der Waals surface area contributed by atoms with E-state index >= 15 is 0 Å². The smallest absolute Gasteiger partial charge is 0.264 e. The lowest BCUT2D eigenvalue weighted by Crippen LogP contribution is -2.45. The fourth-order valence-corrected chi connectivity index (χ4v) is 7.27. The number of pyridine rings is 1. The maximum Gasteiger partial charge on any atom is 0.264 e. The highest BCUT2D eigenvalue weighted by Crippen LogP contribution is 2.40. The molecule has 1 amide bonds. The van der Waals surface area contributed by atoms with Gasteiger partial charge >= 0.3 is 0 Å². The number of rotatable bonds is 7. The molecule has 0 spiro atoms. The van der Waals surface area contributed by atoms with E-state index in [1.54, 1.807) is 48.3 Å². The first-order valence-electron chi connectivity index (χ1n) is 12.8. The number of thioether (sulfide) groups is 1. The van der Waals surface area contributed by atoms with Crippen molar-refractivity contribution in [1.82, 2.24) is 14.8 Å². The number of amides is 1. The molecule has 3 heterocycles. The van der Waals surface area contributed by atoms with Crippen molar-refractivity contribution in [2.24, 2.45) is 4.99 Å². The summed E-state index contributed by atoms with van der Waals surface area (Å²) >= 11 is 1.71. The highest BCUT2D eigenvalue weighted by atomic mass is 32.2. The molecule has 0 aliphatic carbocycles. The summed E-state index contributed by atoms with van der Waals surface area (Å²) in [4.78, 5) is 26.9. The number of fused-ring (bicyclic) bond motifs is 2. The number of benzene rings is 2. The fourth-order valence-electron chi connectivity index (χ4n) is 5.01. The minimum absolute atomic E-state index is 0.0101. The molecule has 2 aliphatic heterocycles. The largest absolute Gasteiger partial charge is 0.340 e. The lowest BCUT2D eigenvalue weighted by molar-refractivity contribution is -0.127. The Morgan fingerprint density at radius 3 is 2.58 bits per heavy atom. The molecule has 1 unspecified atom stereocenters. The molecular formula is C28H31N5O3S2. The van der Waals surface area contributed by atoms with Crippen LogP contribution >= 0.6 is 11.8 Å². The SMILES string of the molecule is CCN(CC)C(=O)C1=C(C)N=C2SCCCN2C1c1ccc(NS(=O)(=O)c2cccc3cccnc23)cc1. The van der Waals surface area contributed by atoms with Crippen LogP contribution in [0, 0.1) is 0 Å². The molecule has 2 aliphatic rings. The third kappa shape index (κ3) is 4.90. The van der Waals surface area contributed by atoms with Crippen molar-refractivity contribution in [3.63, 3.8) is 0 Å². The van der Waals surface area contributed by atoms with Crippen molar-refractivity contribution < 1.29 is 13.2 Å². The van der Waals surface area contributed by atoms with E-state index in [-0.39, 0.29) is 16.8 Å². The highest BCUT2D eigenvalue weighted by Gasteiger charge is 2.38. The zero-order valence-electron chi connectivity index (χ0n) is 21.7. The maximum absolute atomic E-state index is 13.6. The van der Waals surface area contributed by atoms with E-state index in [9.17, 15) is 13.2 Å². The van der Waals surface area contributed by atoms with Crippen LogP contribution in [0.5, 0.6) is 0 Å². The van der Waals surface area contributed by atoms with Crippen molar-refractivity contribution in [3.8, 4) is 0 Å². The van der Waals surface area contributed by atoms with Crippen LogP contribution in [0.3, 0.4) is 0 Å². The first-order valence-corrected chi connectivity index (χ1v) is 15.3. The molecule has 3 aromatic rings. The molecular weight excluding hydrogens is 518 g/mol. The molecule has 0 bridgehead atoms. The molecule has 1 aromatic heterocycles. The Hall–Kier alpha value is -3.37. The number of carbonyl (C=O) groups is 1. The quantitative estimate of drug-likeness (QED) is 0.444. The number of carbonyl (C=O) groups excluding carboxylic acids is 1. The zero-order valence-corrected chi connectivity index (χ0v) is 23.3. The van der Waals surface area contributed by atoms with E-state index in [1.807, 2.05) is 49.9 Å². The Morgan fingerprint density at radius 1 is 1.11 bits per heavy atom. The highest BCUT2D eigenvalue weighted by molar-refractivity contribution is 8.13. The lowest BCUT2D eigenvalue weighted by atomic mass is 9.93. The summed E-state index contributed by atoms with van der Waals surface area (Å²) in [6.07, 6.45) is 2.59. The molecule has 0 radical (unpaired) electrons. The number of likely N-dealkylation sites (N-methyl/N-ethyl adjacent to an activating group) is 1. The minimum Gasteiger partial charge on any atom is -0.340 e. The van der Waals surface area contributed by atoms with Crippen LogP contribution in [0.1, 0.15) is 38.8 Å². The van der Waals surface area contributed by atoms with Gasteiger partial charge in [-0.3, -0.25) is 14.5 Å². The van der Waals surface area contributed by atoms with E-state index in [0.717, 1.165) is 40.5 Å². The van der Waals surface area contributed by atoms with E-state index < -0.39 is 10.0 Å². The van der Waals surface area contributed by atoms with Crippen LogP contribution in [0.15, 0.2) is 82.0 Å². The van der Waals surface area contributed by atoms with Crippen molar-refractivity contribution in [1.29, 1.82) is 0 Å². The molecule has 0 saturated carbocycles. The molecule has 38 heavy (non-hydrogen) atoms. The van der Waals surface area contributed by atoms with Crippen molar-refractivity contribution in [2.75, 3.05) is 30.1 Å². The predicted octanol–water partition coefficient (Wildman–Crippen LogP) is 5.03. The average molecular weight is 550 g/mol. The Morgan fingerprint density at radius 2 is 1.84 bits per heavy atom. The molecule has 8 nitrogen and oxygen atoms in total. The minimum atomic E-state index is -3.86. The number of anilines is 1. The second kappa shape index (κ2) is 10.8. The number of aliphatic imine (C=N–C) groups is 1. The number of nitrogens with one attached hydrogen (secondary N) is 1. The monoisotopic (exact) mass is 549 g/mol. The number of nitrogens with zero attached hydrogens (tertiary/aromatic N) is 4. The van der Waals surface area contributed by atoms with E-state index in [2.05, 4.69) is 14.6 Å². The predicted molar refractivity (Wildman–Crippen MR) is 154 cm³/mol.